The minimum absolute atomic E-state index is 0.0184. The van der Waals surface area contributed by atoms with Crippen LogP contribution in [0.2, 0.25) is 0 Å². The Hall–Kier alpha value is -0.830. The predicted octanol–water partition coefficient (Wildman–Crippen LogP) is 2.81. The van der Waals surface area contributed by atoms with Crippen LogP contribution in [0.4, 0.5) is 0 Å². The molecule has 17 heavy (non-hydrogen) atoms. The highest BCUT2D eigenvalue weighted by molar-refractivity contribution is 5.77. The van der Waals surface area contributed by atoms with Crippen LogP contribution in [0.1, 0.15) is 52.9 Å². The summed E-state index contributed by atoms with van der Waals surface area (Å²) in [5.41, 5.74) is -0.176. The molecule has 1 atom stereocenters. The molecular formula is C14H25NO2. The fourth-order valence-electron chi connectivity index (χ4n) is 1.94. The van der Waals surface area contributed by atoms with E-state index in [9.17, 15) is 4.79 Å². The summed E-state index contributed by atoms with van der Waals surface area (Å²) < 4.78 is 5.68. The van der Waals surface area contributed by atoms with Crippen LogP contribution in [-0.4, -0.2) is 24.2 Å². The summed E-state index contributed by atoms with van der Waals surface area (Å²) in [4.78, 5) is 11.6. The zero-order chi connectivity index (χ0) is 12.7. The summed E-state index contributed by atoms with van der Waals surface area (Å²) in [6.07, 6.45) is 10.1. The number of hydrogen-bond donors (Lipinski definition) is 1. The van der Waals surface area contributed by atoms with Crippen molar-refractivity contribution in [3.8, 4) is 0 Å². The second kappa shape index (κ2) is 6.80. The third-order valence-electron chi connectivity index (χ3n) is 2.68. The van der Waals surface area contributed by atoms with Gasteiger partial charge in [0.1, 0.15) is 6.61 Å². The molecule has 1 N–H and O–H groups in total. The molecule has 1 aliphatic carbocycles. The summed E-state index contributed by atoms with van der Waals surface area (Å²) in [6.45, 7) is 6.12. The maximum Gasteiger partial charge on any atom is 0.246 e. The van der Waals surface area contributed by atoms with Crippen LogP contribution in [0.3, 0.4) is 0 Å². The first-order valence-electron chi connectivity index (χ1n) is 6.55. The van der Waals surface area contributed by atoms with Crippen molar-refractivity contribution in [1.29, 1.82) is 0 Å². The van der Waals surface area contributed by atoms with Gasteiger partial charge in [-0.25, -0.2) is 0 Å². The Kier molecular flexibility index (Phi) is 5.69. The molecule has 1 aliphatic rings. The summed E-state index contributed by atoms with van der Waals surface area (Å²) >= 11 is 0. The first kappa shape index (κ1) is 14.2. The van der Waals surface area contributed by atoms with E-state index in [1.807, 2.05) is 20.8 Å². The molecule has 0 aromatic heterocycles. The van der Waals surface area contributed by atoms with Crippen LogP contribution in [0.25, 0.3) is 0 Å². The van der Waals surface area contributed by atoms with Crippen LogP contribution in [-0.2, 0) is 9.53 Å². The lowest BCUT2D eigenvalue weighted by atomic mass is 10.0. The van der Waals surface area contributed by atoms with E-state index in [4.69, 9.17) is 4.74 Å². The Labute approximate surface area is 105 Å². The van der Waals surface area contributed by atoms with Gasteiger partial charge in [-0.05, 0) is 52.9 Å². The molecule has 0 aliphatic heterocycles. The molecule has 3 heteroatoms. The molecule has 0 fully saturated rings. The molecule has 1 rings (SSSR count). The molecule has 0 aromatic rings. The normalized spacial score (nSPS) is 23.6. The van der Waals surface area contributed by atoms with Gasteiger partial charge in [0, 0.05) is 5.54 Å². The Balaban J connectivity index is 2.24. The number of carbonyl (C=O) groups is 1. The van der Waals surface area contributed by atoms with E-state index >= 15 is 0 Å². The first-order chi connectivity index (χ1) is 7.97. The summed E-state index contributed by atoms with van der Waals surface area (Å²) in [7, 11) is 0. The highest BCUT2D eigenvalue weighted by Crippen LogP contribution is 2.15. The van der Waals surface area contributed by atoms with Crippen molar-refractivity contribution in [3.05, 3.63) is 12.2 Å². The van der Waals surface area contributed by atoms with Crippen molar-refractivity contribution in [2.45, 2.75) is 64.5 Å². The van der Waals surface area contributed by atoms with Crippen LogP contribution in [0, 0.1) is 0 Å². The lowest BCUT2D eigenvalue weighted by molar-refractivity contribution is -0.129. The number of allylic oxidation sites excluding steroid dienone is 2. The van der Waals surface area contributed by atoms with Crippen molar-refractivity contribution in [3.63, 3.8) is 0 Å². The third kappa shape index (κ3) is 7.16. The predicted molar refractivity (Wildman–Crippen MR) is 69.9 cm³/mol. The molecule has 0 spiro atoms. The largest absolute Gasteiger partial charge is 0.368 e. The fourth-order valence-corrected chi connectivity index (χ4v) is 1.94. The third-order valence-corrected chi connectivity index (χ3v) is 2.68. The average molecular weight is 239 g/mol. The van der Waals surface area contributed by atoms with Gasteiger partial charge in [-0.15, -0.1) is 0 Å². The lowest BCUT2D eigenvalue weighted by Gasteiger charge is -2.22. The molecular weight excluding hydrogens is 214 g/mol. The molecule has 0 radical (unpaired) electrons. The summed E-state index contributed by atoms with van der Waals surface area (Å²) in [6, 6.07) is 0. The van der Waals surface area contributed by atoms with Crippen molar-refractivity contribution in [1.82, 2.24) is 5.32 Å². The van der Waals surface area contributed by atoms with E-state index in [2.05, 4.69) is 17.5 Å². The SMILES string of the molecule is CC(C)(C)NC(=O)COC1CC/C=C/CCC1. The van der Waals surface area contributed by atoms with Crippen molar-refractivity contribution < 1.29 is 9.53 Å². The fraction of sp³-hybridized carbons (Fsp3) is 0.786. The molecule has 0 heterocycles. The zero-order valence-corrected chi connectivity index (χ0v) is 11.3. The second-order valence-electron chi connectivity index (χ2n) is 5.71. The highest BCUT2D eigenvalue weighted by atomic mass is 16.5. The highest BCUT2D eigenvalue weighted by Gasteiger charge is 2.16. The van der Waals surface area contributed by atoms with Crippen LogP contribution in [0.5, 0.6) is 0 Å². The Morgan fingerprint density at radius 1 is 1.29 bits per heavy atom. The molecule has 0 aromatic carbocycles. The molecule has 1 unspecified atom stereocenters. The van der Waals surface area contributed by atoms with Crippen molar-refractivity contribution in [2.75, 3.05) is 6.61 Å². The molecule has 1 amide bonds. The van der Waals surface area contributed by atoms with Crippen molar-refractivity contribution >= 4 is 5.91 Å². The van der Waals surface area contributed by atoms with Gasteiger partial charge in [-0.3, -0.25) is 4.79 Å². The topological polar surface area (TPSA) is 38.3 Å². The minimum atomic E-state index is -0.176. The Morgan fingerprint density at radius 2 is 2.00 bits per heavy atom. The first-order valence-corrected chi connectivity index (χ1v) is 6.55. The van der Waals surface area contributed by atoms with Crippen LogP contribution >= 0.6 is 0 Å². The number of amides is 1. The van der Waals surface area contributed by atoms with E-state index in [0.29, 0.717) is 0 Å². The average Bonchev–Trinajstić information content (AvgIpc) is 2.13. The minimum Gasteiger partial charge on any atom is -0.368 e. The number of nitrogens with one attached hydrogen (secondary N) is 1. The van der Waals surface area contributed by atoms with Gasteiger partial charge in [0.25, 0.3) is 0 Å². The van der Waals surface area contributed by atoms with Crippen LogP contribution in [0.15, 0.2) is 12.2 Å². The monoisotopic (exact) mass is 239 g/mol. The lowest BCUT2D eigenvalue weighted by Crippen LogP contribution is -2.43. The molecule has 0 bridgehead atoms. The second-order valence-corrected chi connectivity index (χ2v) is 5.71. The Bertz CT molecular complexity index is 266. The van der Waals surface area contributed by atoms with Gasteiger partial charge >= 0.3 is 0 Å². The maximum atomic E-state index is 11.6. The smallest absolute Gasteiger partial charge is 0.246 e. The van der Waals surface area contributed by atoms with Gasteiger partial charge in [0.05, 0.1) is 6.10 Å². The molecule has 0 saturated heterocycles. The summed E-state index contributed by atoms with van der Waals surface area (Å²) in [5, 5.41) is 2.91. The van der Waals surface area contributed by atoms with E-state index in [1.54, 1.807) is 0 Å². The summed E-state index contributed by atoms with van der Waals surface area (Å²) in [5.74, 6) is -0.0184. The Morgan fingerprint density at radius 3 is 2.71 bits per heavy atom. The standard InChI is InChI=1S/C14H25NO2/c1-14(2,3)15-13(16)11-17-12-9-7-5-4-6-8-10-12/h4-5,12H,6-11H2,1-3H3,(H,15,16)/b5-4+. The number of carbonyl (C=O) groups excluding carboxylic acids is 1. The van der Waals surface area contributed by atoms with E-state index in [1.165, 1.54) is 0 Å². The van der Waals surface area contributed by atoms with Gasteiger partial charge in [0.15, 0.2) is 0 Å². The van der Waals surface area contributed by atoms with Gasteiger partial charge in [-0.1, -0.05) is 12.2 Å². The zero-order valence-electron chi connectivity index (χ0n) is 11.3. The van der Waals surface area contributed by atoms with Gasteiger partial charge < -0.3 is 10.1 Å². The van der Waals surface area contributed by atoms with Gasteiger partial charge in [0.2, 0.25) is 5.91 Å². The van der Waals surface area contributed by atoms with Crippen LogP contribution < -0.4 is 5.32 Å². The molecule has 3 nitrogen and oxygen atoms in total. The molecule has 98 valence electrons. The molecule has 0 saturated carbocycles. The number of ether oxygens (including phenoxy) is 1. The number of rotatable bonds is 3. The maximum absolute atomic E-state index is 11.6. The van der Waals surface area contributed by atoms with Crippen molar-refractivity contribution in [2.24, 2.45) is 0 Å². The van der Waals surface area contributed by atoms with Gasteiger partial charge in [-0.2, -0.15) is 0 Å². The van der Waals surface area contributed by atoms with E-state index in [-0.39, 0.29) is 24.2 Å². The van der Waals surface area contributed by atoms with E-state index < -0.39 is 0 Å². The number of hydrogen-bond acceptors (Lipinski definition) is 2. The van der Waals surface area contributed by atoms with E-state index in [0.717, 1.165) is 32.1 Å². The quantitative estimate of drug-likeness (QED) is 0.769.